The number of methoxy groups -OCH3 is 2. The molecule has 0 fully saturated rings. The Hall–Kier alpha value is -1.95. The lowest BCUT2D eigenvalue weighted by molar-refractivity contribution is 0.107. The summed E-state index contributed by atoms with van der Waals surface area (Å²) in [6.45, 7) is 1.36. The van der Waals surface area contributed by atoms with Gasteiger partial charge in [-0.2, -0.15) is 0 Å². The lowest BCUT2D eigenvalue weighted by Gasteiger charge is -2.14. The van der Waals surface area contributed by atoms with Gasteiger partial charge in [0.1, 0.15) is 18.5 Å². The van der Waals surface area contributed by atoms with E-state index in [0.29, 0.717) is 28.8 Å². The first kappa shape index (κ1) is 19.4. The number of para-hydroxylation sites is 1. The molecule has 2 rings (SSSR count). The van der Waals surface area contributed by atoms with Gasteiger partial charge in [-0.1, -0.05) is 29.8 Å². The number of aliphatic hydroxyl groups is 1. The molecule has 2 N–H and O–H groups in total. The topological polar surface area (TPSA) is 60.0 Å². The molecule has 0 saturated carbocycles. The van der Waals surface area contributed by atoms with Crippen LogP contribution in [0.5, 0.6) is 17.2 Å². The quantitative estimate of drug-likeness (QED) is 0.634. The second kappa shape index (κ2) is 10.1. The standard InChI is InChI=1S/C19H24ClNO4/c1-23-18-8-7-14(11-19(18)24-2)9-10-21-12-15(22)13-25-17-6-4-3-5-16(17)20/h3-8,11,15,21-22H,9-10,12-13H2,1-2H3/t15-/m1/s1. The van der Waals surface area contributed by atoms with Crippen LogP contribution in [0.3, 0.4) is 0 Å². The van der Waals surface area contributed by atoms with Crippen LogP contribution < -0.4 is 19.5 Å². The summed E-state index contributed by atoms with van der Waals surface area (Å²) >= 11 is 6.01. The maximum Gasteiger partial charge on any atom is 0.160 e. The van der Waals surface area contributed by atoms with Crippen LogP contribution in [-0.2, 0) is 6.42 Å². The second-order valence-electron chi connectivity index (χ2n) is 5.54. The van der Waals surface area contributed by atoms with E-state index in [1.807, 2.05) is 30.3 Å². The number of nitrogens with one attached hydrogen (secondary N) is 1. The van der Waals surface area contributed by atoms with Gasteiger partial charge in [-0.15, -0.1) is 0 Å². The molecule has 25 heavy (non-hydrogen) atoms. The summed E-state index contributed by atoms with van der Waals surface area (Å²) in [6, 6.07) is 13.1. The summed E-state index contributed by atoms with van der Waals surface area (Å²) in [4.78, 5) is 0. The predicted octanol–water partition coefficient (Wildman–Crippen LogP) is 2.93. The predicted molar refractivity (Wildman–Crippen MR) is 99.1 cm³/mol. The lowest BCUT2D eigenvalue weighted by Crippen LogP contribution is -2.32. The Labute approximate surface area is 153 Å². The Morgan fingerprint density at radius 2 is 1.80 bits per heavy atom. The number of hydrogen-bond acceptors (Lipinski definition) is 5. The summed E-state index contributed by atoms with van der Waals surface area (Å²) < 4.78 is 16.0. The Morgan fingerprint density at radius 3 is 2.52 bits per heavy atom. The van der Waals surface area contributed by atoms with Crippen molar-refractivity contribution in [3.05, 3.63) is 53.1 Å². The number of ether oxygens (including phenoxy) is 3. The highest BCUT2D eigenvalue weighted by molar-refractivity contribution is 6.32. The molecule has 0 radical (unpaired) electrons. The van der Waals surface area contributed by atoms with E-state index in [1.165, 1.54) is 0 Å². The SMILES string of the molecule is COc1ccc(CCNC[C@@H](O)COc2ccccc2Cl)cc1OC. The minimum Gasteiger partial charge on any atom is -0.493 e. The molecule has 0 saturated heterocycles. The number of aliphatic hydroxyl groups excluding tert-OH is 1. The third kappa shape index (κ3) is 6.12. The van der Waals surface area contributed by atoms with Gasteiger partial charge in [0.05, 0.1) is 19.2 Å². The van der Waals surface area contributed by atoms with Crippen molar-refractivity contribution in [2.24, 2.45) is 0 Å². The van der Waals surface area contributed by atoms with Gasteiger partial charge in [0, 0.05) is 6.54 Å². The summed E-state index contributed by atoms with van der Waals surface area (Å²) in [6.07, 6.45) is 0.208. The van der Waals surface area contributed by atoms with Crippen molar-refractivity contribution < 1.29 is 19.3 Å². The Kier molecular flexibility index (Phi) is 7.85. The zero-order valence-electron chi connectivity index (χ0n) is 14.5. The Bertz CT molecular complexity index is 666. The summed E-state index contributed by atoms with van der Waals surface area (Å²) in [5.41, 5.74) is 1.13. The molecule has 0 spiro atoms. The van der Waals surface area contributed by atoms with Gasteiger partial charge >= 0.3 is 0 Å². The van der Waals surface area contributed by atoms with E-state index in [1.54, 1.807) is 26.4 Å². The van der Waals surface area contributed by atoms with Gasteiger partial charge in [-0.25, -0.2) is 0 Å². The highest BCUT2D eigenvalue weighted by atomic mass is 35.5. The van der Waals surface area contributed by atoms with Crippen LogP contribution in [0.25, 0.3) is 0 Å². The third-order valence-electron chi connectivity index (χ3n) is 3.69. The largest absolute Gasteiger partial charge is 0.493 e. The van der Waals surface area contributed by atoms with Crippen LogP contribution in [0.2, 0.25) is 5.02 Å². The number of benzene rings is 2. The van der Waals surface area contributed by atoms with E-state index < -0.39 is 6.10 Å². The van der Waals surface area contributed by atoms with Crippen molar-refractivity contribution in [1.29, 1.82) is 0 Å². The Balaban J connectivity index is 1.69. The van der Waals surface area contributed by atoms with E-state index >= 15 is 0 Å². The van der Waals surface area contributed by atoms with Gasteiger partial charge in [0.2, 0.25) is 0 Å². The maximum atomic E-state index is 9.98. The molecular weight excluding hydrogens is 342 g/mol. The minimum absolute atomic E-state index is 0.188. The van der Waals surface area contributed by atoms with Crippen LogP contribution in [0.15, 0.2) is 42.5 Å². The molecule has 0 aliphatic rings. The fraction of sp³-hybridized carbons (Fsp3) is 0.368. The third-order valence-corrected chi connectivity index (χ3v) is 4.00. The van der Waals surface area contributed by atoms with Gasteiger partial charge < -0.3 is 24.6 Å². The summed E-state index contributed by atoms with van der Waals surface area (Å²) in [5, 5.41) is 13.7. The Morgan fingerprint density at radius 1 is 1.04 bits per heavy atom. The summed E-state index contributed by atoms with van der Waals surface area (Å²) in [5.74, 6) is 2.01. The van der Waals surface area contributed by atoms with Crippen LogP contribution in [0.4, 0.5) is 0 Å². The fourth-order valence-electron chi connectivity index (χ4n) is 2.34. The van der Waals surface area contributed by atoms with Crippen molar-refractivity contribution in [2.45, 2.75) is 12.5 Å². The highest BCUT2D eigenvalue weighted by Crippen LogP contribution is 2.27. The molecule has 0 amide bonds. The molecule has 0 unspecified atom stereocenters. The molecule has 136 valence electrons. The minimum atomic E-state index is -0.610. The van der Waals surface area contributed by atoms with Crippen molar-refractivity contribution in [3.8, 4) is 17.2 Å². The first-order valence-electron chi connectivity index (χ1n) is 8.11. The van der Waals surface area contributed by atoms with Crippen LogP contribution in [0.1, 0.15) is 5.56 Å². The van der Waals surface area contributed by atoms with E-state index in [9.17, 15) is 5.11 Å². The smallest absolute Gasteiger partial charge is 0.160 e. The van der Waals surface area contributed by atoms with Crippen molar-refractivity contribution in [1.82, 2.24) is 5.32 Å². The molecule has 0 heterocycles. The average molecular weight is 366 g/mol. The molecular formula is C19H24ClNO4. The van der Waals surface area contributed by atoms with Crippen LogP contribution >= 0.6 is 11.6 Å². The van der Waals surface area contributed by atoms with Gasteiger partial charge in [-0.05, 0) is 42.8 Å². The normalized spacial score (nSPS) is 11.8. The molecule has 0 aliphatic heterocycles. The second-order valence-corrected chi connectivity index (χ2v) is 5.95. The first-order chi connectivity index (χ1) is 12.1. The molecule has 0 aromatic heterocycles. The van der Waals surface area contributed by atoms with Crippen LogP contribution in [-0.4, -0.2) is 45.1 Å². The fourth-order valence-corrected chi connectivity index (χ4v) is 2.53. The highest BCUT2D eigenvalue weighted by Gasteiger charge is 2.08. The molecule has 0 aliphatic carbocycles. The van der Waals surface area contributed by atoms with E-state index in [4.69, 9.17) is 25.8 Å². The number of halogens is 1. The van der Waals surface area contributed by atoms with Crippen molar-refractivity contribution >= 4 is 11.6 Å². The van der Waals surface area contributed by atoms with Crippen molar-refractivity contribution in [3.63, 3.8) is 0 Å². The van der Waals surface area contributed by atoms with Gasteiger partial charge in [-0.3, -0.25) is 0 Å². The van der Waals surface area contributed by atoms with E-state index in [2.05, 4.69) is 5.32 Å². The lowest BCUT2D eigenvalue weighted by atomic mass is 10.1. The average Bonchev–Trinajstić information content (AvgIpc) is 2.64. The number of rotatable bonds is 10. The molecule has 0 bridgehead atoms. The monoisotopic (exact) mass is 365 g/mol. The molecule has 2 aromatic carbocycles. The summed E-state index contributed by atoms with van der Waals surface area (Å²) in [7, 11) is 3.24. The maximum absolute atomic E-state index is 9.98. The molecule has 1 atom stereocenters. The zero-order valence-corrected chi connectivity index (χ0v) is 15.3. The number of hydrogen-bond donors (Lipinski definition) is 2. The van der Waals surface area contributed by atoms with Crippen molar-refractivity contribution in [2.75, 3.05) is 33.9 Å². The van der Waals surface area contributed by atoms with E-state index in [-0.39, 0.29) is 6.61 Å². The molecule has 6 heteroatoms. The van der Waals surface area contributed by atoms with Gasteiger partial charge in [0.25, 0.3) is 0 Å². The van der Waals surface area contributed by atoms with Gasteiger partial charge in [0.15, 0.2) is 11.5 Å². The first-order valence-corrected chi connectivity index (χ1v) is 8.49. The molecule has 2 aromatic rings. The van der Waals surface area contributed by atoms with Crippen LogP contribution in [0, 0.1) is 0 Å². The van der Waals surface area contributed by atoms with E-state index in [0.717, 1.165) is 18.5 Å². The zero-order chi connectivity index (χ0) is 18.1. The molecule has 5 nitrogen and oxygen atoms in total.